The maximum atomic E-state index is 13.4. The van der Waals surface area contributed by atoms with Crippen LogP contribution in [0.5, 0.6) is 11.5 Å². The molecule has 0 aliphatic heterocycles. The van der Waals surface area contributed by atoms with E-state index in [9.17, 15) is 19.8 Å². The van der Waals surface area contributed by atoms with Gasteiger partial charge in [-0.15, -0.1) is 0 Å². The van der Waals surface area contributed by atoms with Crippen molar-refractivity contribution >= 4 is 60.7 Å². The van der Waals surface area contributed by atoms with Crippen LogP contribution < -0.4 is 21.3 Å². The van der Waals surface area contributed by atoms with Crippen LogP contribution in [0, 0.1) is 0 Å². The van der Waals surface area contributed by atoms with Crippen LogP contribution in [0.1, 0.15) is 31.8 Å². The molecule has 176 valence electrons. The molecule has 0 unspecified atom stereocenters. The van der Waals surface area contributed by atoms with Gasteiger partial charge in [-0.05, 0) is 24.3 Å². The first-order chi connectivity index (χ1) is 15.5. The van der Waals surface area contributed by atoms with E-state index in [2.05, 4.69) is 21.3 Å². The third-order valence-electron chi connectivity index (χ3n) is 5.09. The Kier molecular flexibility index (Phi) is 10.8. The van der Waals surface area contributed by atoms with Gasteiger partial charge in [0.2, 0.25) is 11.6 Å². The molecule has 8 N–H and O–H groups in total. The number of aliphatic hydroxyl groups excluding tert-OH is 2. The second-order valence-corrected chi connectivity index (χ2v) is 7.22. The van der Waals surface area contributed by atoms with Gasteiger partial charge in [0.1, 0.15) is 11.5 Å². The molecule has 0 spiro atoms. The molecule has 2 aromatic carbocycles. The number of hydrogen-bond donors (Lipinski definition) is 8. The summed E-state index contributed by atoms with van der Waals surface area (Å²) >= 11 is 0. The van der Waals surface area contributed by atoms with Gasteiger partial charge in [0.15, 0.2) is 0 Å². The molecule has 10 nitrogen and oxygen atoms in total. The average molecular weight is 487 g/mol. The van der Waals surface area contributed by atoms with Gasteiger partial charge in [-0.2, -0.15) is 0 Å². The molecule has 0 radical (unpaired) electrons. The molecule has 33 heavy (non-hydrogen) atoms. The maximum absolute atomic E-state index is 13.4. The Bertz CT molecular complexity index is 923. The molecule has 0 amide bonds. The summed E-state index contributed by atoms with van der Waals surface area (Å²) in [5.74, 6) is -1.86. The van der Waals surface area contributed by atoms with Crippen LogP contribution >= 0.6 is 0 Å². The molecular weight excluding hydrogens is 456 g/mol. The van der Waals surface area contributed by atoms with Gasteiger partial charge in [0, 0.05) is 50.6 Å². The Morgan fingerprint density at radius 1 is 0.576 bits per heavy atom. The van der Waals surface area contributed by atoms with Crippen LogP contribution in [0.3, 0.4) is 0 Å². The first-order valence-electron chi connectivity index (χ1n) is 10.4. The van der Waals surface area contributed by atoms with Crippen LogP contribution in [0.25, 0.3) is 0 Å². The van der Waals surface area contributed by atoms with E-state index in [-0.39, 0.29) is 84.7 Å². The van der Waals surface area contributed by atoms with E-state index in [0.29, 0.717) is 50.6 Å². The number of phenolic OH excluding ortho intramolecular Hbond substituents is 2. The van der Waals surface area contributed by atoms with E-state index < -0.39 is 11.6 Å². The molecular formula is C22H30CaN4O6. The predicted octanol–water partition coefficient (Wildman–Crippen LogP) is -1.06. The molecule has 0 atom stereocenters. The number of fused-ring (bicyclic) bond motifs is 2. The summed E-state index contributed by atoms with van der Waals surface area (Å²) in [6, 6.07) is 5.74. The van der Waals surface area contributed by atoms with Crippen molar-refractivity contribution in [3.8, 4) is 11.5 Å². The Morgan fingerprint density at radius 2 is 0.970 bits per heavy atom. The molecule has 11 heteroatoms. The van der Waals surface area contributed by atoms with Crippen molar-refractivity contribution in [2.75, 3.05) is 63.1 Å². The van der Waals surface area contributed by atoms with Gasteiger partial charge >= 0.3 is 37.7 Å². The number of anilines is 2. The molecule has 3 rings (SSSR count). The van der Waals surface area contributed by atoms with Gasteiger partial charge < -0.3 is 41.7 Å². The van der Waals surface area contributed by atoms with Crippen molar-refractivity contribution in [1.82, 2.24) is 10.6 Å². The van der Waals surface area contributed by atoms with Crippen LogP contribution in [0.15, 0.2) is 24.3 Å². The van der Waals surface area contributed by atoms with Gasteiger partial charge in [-0.25, -0.2) is 0 Å². The fourth-order valence-electron chi connectivity index (χ4n) is 3.64. The Hall–Kier alpha value is -1.92. The Morgan fingerprint density at radius 3 is 1.33 bits per heavy atom. The van der Waals surface area contributed by atoms with E-state index in [4.69, 9.17) is 10.2 Å². The van der Waals surface area contributed by atoms with Gasteiger partial charge in [0.05, 0.1) is 35.5 Å². The fourth-order valence-corrected chi connectivity index (χ4v) is 3.64. The minimum atomic E-state index is -0.559. The fraction of sp³-hybridized carbons (Fsp3) is 0.364. The number of aromatic hydroxyl groups is 2. The number of rotatable bonds is 12. The average Bonchev–Trinajstić information content (AvgIpc) is 2.78. The van der Waals surface area contributed by atoms with Gasteiger partial charge in [-0.3, -0.25) is 9.59 Å². The number of nitrogens with one attached hydrogen (secondary N) is 4. The van der Waals surface area contributed by atoms with Crippen molar-refractivity contribution in [1.29, 1.82) is 0 Å². The second-order valence-electron chi connectivity index (χ2n) is 7.22. The molecule has 0 bridgehead atoms. The third-order valence-corrected chi connectivity index (χ3v) is 5.09. The summed E-state index contributed by atoms with van der Waals surface area (Å²) in [5, 5.41) is 50.6. The SMILES string of the molecule is O=C1c2c(O)ccc(O)c2C(=O)c2c(NCCNCCO)ccc(NCCNCCO)c21.[CaH2]. The minimum absolute atomic E-state index is 0. The molecule has 0 fully saturated rings. The van der Waals surface area contributed by atoms with Crippen LogP contribution in [-0.4, -0.2) is 122 Å². The molecule has 1 aliphatic rings. The number of benzene rings is 2. The summed E-state index contributed by atoms with van der Waals surface area (Å²) in [5.41, 5.74) is 0.678. The Labute approximate surface area is 221 Å². The van der Waals surface area contributed by atoms with E-state index in [1.165, 1.54) is 12.1 Å². The zero-order valence-corrected chi connectivity index (χ0v) is 17.6. The van der Waals surface area contributed by atoms with Crippen molar-refractivity contribution < 1.29 is 30.0 Å². The topological polar surface area (TPSA) is 163 Å². The molecule has 0 heterocycles. The third kappa shape index (κ3) is 6.15. The number of hydrogen-bond acceptors (Lipinski definition) is 10. The molecule has 2 aromatic rings. The van der Waals surface area contributed by atoms with E-state index >= 15 is 0 Å². The molecule has 0 aromatic heterocycles. The standard InChI is InChI=1S/C22H28N4O6.Ca.2H/c27-11-9-23-5-7-25-13-1-2-14(26-8-6-24-10-12-28)18-17(13)21(31)19-15(29)3-4-16(30)20(19)22(18)32;;;/h1-4,23-30H,5-12H2;;;. The summed E-state index contributed by atoms with van der Waals surface area (Å²) in [6.07, 6.45) is 0. The molecule has 0 saturated heterocycles. The van der Waals surface area contributed by atoms with Crippen molar-refractivity contribution in [3.63, 3.8) is 0 Å². The van der Waals surface area contributed by atoms with E-state index in [1.807, 2.05) is 0 Å². The monoisotopic (exact) mass is 486 g/mol. The van der Waals surface area contributed by atoms with Crippen molar-refractivity contribution in [3.05, 3.63) is 46.5 Å². The predicted molar refractivity (Wildman–Crippen MR) is 129 cm³/mol. The normalized spacial score (nSPS) is 12.1. The second kappa shape index (κ2) is 13.1. The van der Waals surface area contributed by atoms with E-state index in [1.54, 1.807) is 12.1 Å². The molecule has 0 saturated carbocycles. The van der Waals surface area contributed by atoms with Gasteiger partial charge in [-0.1, -0.05) is 0 Å². The Balaban J connectivity index is 0.00000385. The zero-order chi connectivity index (χ0) is 23.1. The van der Waals surface area contributed by atoms with Crippen LogP contribution in [-0.2, 0) is 0 Å². The van der Waals surface area contributed by atoms with Crippen molar-refractivity contribution in [2.45, 2.75) is 0 Å². The molecule has 1 aliphatic carbocycles. The number of carbonyl (C=O) groups excluding carboxylic acids is 2. The quantitative estimate of drug-likeness (QED) is 0.0900. The number of ketones is 2. The number of carbonyl (C=O) groups is 2. The van der Waals surface area contributed by atoms with Crippen molar-refractivity contribution in [2.24, 2.45) is 0 Å². The first kappa shape index (κ1) is 27.3. The van der Waals surface area contributed by atoms with Gasteiger partial charge in [0.25, 0.3) is 0 Å². The summed E-state index contributed by atoms with van der Waals surface area (Å²) in [6.45, 7) is 2.81. The van der Waals surface area contributed by atoms with Crippen LogP contribution in [0.2, 0.25) is 0 Å². The number of aliphatic hydroxyl groups is 2. The van der Waals surface area contributed by atoms with Crippen LogP contribution in [0.4, 0.5) is 11.4 Å². The summed E-state index contributed by atoms with van der Waals surface area (Å²) < 4.78 is 0. The number of phenols is 2. The first-order valence-corrected chi connectivity index (χ1v) is 10.4. The zero-order valence-electron chi connectivity index (χ0n) is 17.6. The summed E-state index contributed by atoms with van der Waals surface area (Å²) in [7, 11) is 0. The van der Waals surface area contributed by atoms with E-state index in [0.717, 1.165) is 0 Å². The summed E-state index contributed by atoms with van der Waals surface area (Å²) in [4.78, 5) is 26.7.